The van der Waals surface area contributed by atoms with Crippen molar-refractivity contribution in [3.8, 4) is 5.75 Å². The number of hydrogen-bond donors (Lipinski definition) is 1. The summed E-state index contributed by atoms with van der Waals surface area (Å²) in [5.74, 6) is 0.983. The second-order valence-electron chi connectivity index (χ2n) is 4.74. The average molecular weight is 219 g/mol. The molecule has 0 spiro atoms. The quantitative estimate of drug-likeness (QED) is 0.845. The molecule has 1 aromatic carbocycles. The Morgan fingerprint density at radius 1 is 1.12 bits per heavy atom. The average Bonchev–Trinajstić information content (AvgIpc) is 2.31. The standard InChI is InChI=1S/C14H21NO/c1-11(15)12-7-9-14(10-8-12)16-13-5-3-2-4-6-13/h7-11,13H,2-6,15H2,1H3/t11-/m1/s1. The van der Waals surface area contributed by atoms with Crippen LogP contribution in [0.4, 0.5) is 0 Å². The van der Waals surface area contributed by atoms with E-state index in [4.69, 9.17) is 10.5 Å². The minimum atomic E-state index is 0.101. The highest BCUT2D eigenvalue weighted by atomic mass is 16.5. The van der Waals surface area contributed by atoms with Gasteiger partial charge in [0.05, 0.1) is 6.10 Å². The highest BCUT2D eigenvalue weighted by molar-refractivity contribution is 5.28. The van der Waals surface area contributed by atoms with Crippen molar-refractivity contribution in [1.29, 1.82) is 0 Å². The monoisotopic (exact) mass is 219 g/mol. The second-order valence-corrected chi connectivity index (χ2v) is 4.74. The van der Waals surface area contributed by atoms with E-state index in [1.807, 2.05) is 19.1 Å². The van der Waals surface area contributed by atoms with Gasteiger partial charge in [0.2, 0.25) is 0 Å². The molecule has 0 saturated heterocycles. The van der Waals surface area contributed by atoms with Crippen LogP contribution in [0.3, 0.4) is 0 Å². The molecule has 1 fully saturated rings. The Kier molecular flexibility index (Phi) is 3.83. The summed E-state index contributed by atoms with van der Waals surface area (Å²) in [5, 5.41) is 0. The molecule has 2 heteroatoms. The Bertz CT molecular complexity index is 312. The van der Waals surface area contributed by atoms with Gasteiger partial charge in [0.1, 0.15) is 5.75 Å². The molecule has 2 rings (SSSR count). The van der Waals surface area contributed by atoms with Gasteiger partial charge in [-0.15, -0.1) is 0 Å². The Balaban J connectivity index is 1.93. The first-order chi connectivity index (χ1) is 7.75. The molecule has 1 aromatic rings. The number of rotatable bonds is 3. The summed E-state index contributed by atoms with van der Waals surface area (Å²) in [5.41, 5.74) is 6.97. The first-order valence-corrected chi connectivity index (χ1v) is 6.28. The van der Waals surface area contributed by atoms with Crippen LogP contribution in [0.1, 0.15) is 50.6 Å². The van der Waals surface area contributed by atoms with Crippen molar-refractivity contribution in [2.45, 2.75) is 51.2 Å². The van der Waals surface area contributed by atoms with Crippen molar-refractivity contribution >= 4 is 0 Å². The van der Waals surface area contributed by atoms with E-state index in [2.05, 4.69) is 12.1 Å². The molecule has 0 bridgehead atoms. The van der Waals surface area contributed by atoms with E-state index < -0.39 is 0 Å². The van der Waals surface area contributed by atoms with E-state index in [-0.39, 0.29) is 6.04 Å². The van der Waals surface area contributed by atoms with Gasteiger partial charge < -0.3 is 10.5 Å². The van der Waals surface area contributed by atoms with Crippen LogP contribution in [0.5, 0.6) is 5.75 Å². The van der Waals surface area contributed by atoms with E-state index in [0.29, 0.717) is 6.10 Å². The summed E-state index contributed by atoms with van der Waals surface area (Å²) in [6, 6.07) is 8.29. The van der Waals surface area contributed by atoms with Crippen LogP contribution in [-0.2, 0) is 0 Å². The smallest absolute Gasteiger partial charge is 0.119 e. The Hall–Kier alpha value is -1.02. The molecule has 16 heavy (non-hydrogen) atoms. The molecule has 1 aliphatic carbocycles. The lowest BCUT2D eigenvalue weighted by Gasteiger charge is -2.23. The van der Waals surface area contributed by atoms with Crippen molar-refractivity contribution in [3.05, 3.63) is 29.8 Å². The van der Waals surface area contributed by atoms with Crippen molar-refractivity contribution in [2.75, 3.05) is 0 Å². The van der Waals surface area contributed by atoms with Gasteiger partial charge >= 0.3 is 0 Å². The van der Waals surface area contributed by atoms with Crippen LogP contribution in [0.25, 0.3) is 0 Å². The van der Waals surface area contributed by atoms with Crippen LogP contribution in [0, 0.1) is 0 Å². The molecule has 0 aromatic heterocycles. The zero-order valence-corrected chi connectivity index (χ0v) is 9.99. The topological polar surface area (TPSA) is 35.2 Å². The third-order valence-electron chi connectivity index (χ3n) is 3.26. The molecule has 1 atom stereocenters. The SMILES string of the molecule is C[C@@H](N)c1ccc(OC2CCCCC2)cc1. The molecule has 88 valence electrons. The lowest BCUT2D eigenvalue weighted by atomic mass is 9.98. The molecule has 2 N–H and O–H groups in total. The van der Waals surface area contributed by atoms with Crippen molar-refractivity contribution in [3.63, 3.8) is 0 Å². The number of nitrogens with two attached hydrogens (primary N) is 1. The predicted octanol–water partition coefficient (Wildman–Crippen LogP) is 3.42. The van der Waals surface area contributed by atoms with E-state index in [1.165, 1.54) is 32.1 Å². The van der Waals surface area contributed by atoms with Crippen molar-refractivity contribution in [2.24, 2.45) is 5.73 Å². The molecule has 0 heterocycles. The van der Waals surface area contributed by atoms with Crippen LogP contribution in [-0.4, -0.2) is 6.10 Å². The zero-order valence-electron chi connectivity index (χ0n) is 9.99. The molecule has 0 aliphatic heterocycles. The molecule has 1 aliphatic rings. The second kappa shape index (κ2) is 5.35. The zero-order chi connectivity index (χ0) is 11.4. The Morgan fingerprint density at radius 3 is 2.31 bits per heavy atom. The normalized spacial score (nSPS) is 19.4. The van der Waals surface area contributed by atoms with Crippen molar-refractivity contribution in [1.82, 2.24) is 0 Å². The van der Waals surface area contributed by atoms with Gasteiger partial charge in [-0.1, -0.05) is 18.6 Å². The number of benzene rings is 1. The van der Waals surface area contributed by atoms with Crippen LogP contribution in [0.2, 0.25) is 0 Å². The fourth-order valence-corrected chi connectivity index (χ4v) is 2.23. The maximum Gasteiger partial charge on any atom is 0.119 e. The molecule has 2 nitrogen and oxygen atoms in total. The fourth-order valence-electron chi connectivity index (χ4n) is 2.23. The summed E-state index contributed by atoms with van der Waals surface area (Å²) >= 11 is 0. The molecule has 0 amide bonds. The van der Waals surface area contributed by atoms with E-state index >= 15 is 0 Å². The predicted molar refractivity (Wildman–Crippen MR) is 66.5 cm³/mol. The Morgan fingerprint density at radius 2 is 1.75 bits per heavy atom. The molecule has 0 unspecified atom stereocenters. The van der Waals surface area contributed by atoms with E-state index in [1.54, 1.807) is 0 Å². The van der Waals surface area contributed by atoms with Gasteiger partial charge in [-0.05, 0) is 50.3 Å². The van der Waals surface area contributed by atoms with Crippen LogP contribution in [0.15, 0.2) is 24.3 Å². The number of hydrogen-bond acceptors (Lipinski definition) is 2. The third kappa shape index (κ3) is 2.99. The fraction of sp³-hybridized carbons (Fsp3) is 0.571. The molecule has 0 radical (unpaired) electrons. The molecule has 1 saturated carbocycles. The largest absolute Gasteiger partial charge is 0.490 e. The van der Waals surface area contributed by atoms with Gasteiger partial charge in [0.25, 0.3) is 0 Å². The summed E-state index contributed by atoms with van der Waals surface area (Å²) in [6.45, 7) is 2.00. The highest BCUT2D eigenvalue weighted by Crippen LogP contribution is 2.24. The van der Waals surface area contributed by atoms with Gasteiger partial charge in [-0.25, -0.2) is 0 Å². The van der Waals surface area contributed by atoms with Gasteiger partial charge in [0, 0.05) is 6.04 Å². The molecular weight excluding hydrogens is 198 g/mol. The van der Waals surface area contributed by atoms with Gasteiger partial charge in [-0.3, -0.25) is 0 Å². The Labute approximate surface area is 97.8 Å². The maximum atomic E-state index is 5.95. The van der Waals surface area contributed by atoms with Crippen LogP contribution >= 0.6 is 0 Å². The summed E-state index contributed by atoms with van der Waals surface area (Å²) < 4.78 is 5.95. The summed E-state index contributed by atoms with van der Waals surface area (Å²) in [6.07, 6.45) is 6.81. The highest BCUT2D eigenvalue weighted by Gasteiger charge is 2.14. The van der Waals surface area contributed by atoms with Gasteiger partial charge in [0.15, 0.2) is 0 Å². The van der Waals surface area contributed by atoms with E-state index in [9.17, 15) is 0 Å². The summed E-state index contributed by atoms with van der Waals surface area (Å²) in [4.78, 5) is 0. The maximum absolute atomic E-state index is 5.95. The lowest BCUT2D eigenvalue weighted by Crippen LogP contribution is -2.19. The van der Waals surface area contributed by atoms with Crippen LogP contribution < -0.4 is 10.5 Å². The summed E-state index contributed by atoms with van der Waals surface area (Å²) in [7, 11) is 0. The lowest BCUT2D eigenvalue weighted by molar-refractivity contribution is 0.155. The first kappa shape index (κ1) is 11.5. The first-order valence-electron chi connectivity index (χ1n) is 6.28. The van der Waals surface area contributed by atoms with Crippen molar-refractivity contribution < 1.29 is 4.74 Å². The minimum Gasteiger partial charge on any atom is -0.490 e. The minimum absolute atomic E-state index is 0.101. The van der Waals surface area contributed by atoms with E-state index in [0.717, 1.165) is 11.3 Å². The molecular formula is C14H21NO. The third-order valence-corrected chi connectivity index (χ3v) is 3.26. The van der Waals surface area contributed by atoms with Gasteiger partial charge in [-0.2, -0.15) is 0 Å². The number of ether oxygens (including phenoxy) is 1.